The van der Waals surface area contributed by atoms with E-state index in [0.29, 0.717) is 22.3 Å². The minimum atomic E-state index is -3.45. The molecule has 0 amide bonds. The summed E-state index contributed by atoms with van der Waals surface area (Å²) in [6, 6.07) is 13.1. The van der Waals surface area contributed by atoms with Gasteiger partial charge in [0, 0.05) is 4.47 Å². The molecule has 112 valence electrons. The lowest BCUT2D eigenvalue weighted by Crippen LogP contribution is -2.19. The number of hydrogen-bond donors (Lipinski definition) is 2. The van der Waals surface area contributed by atoms with E-state index in [2.05, 4.69) is 20.7 Å². The van der Waals surface area contributed by atoms with Crippen molar-refractivity contribution in [2.75, 3.05) is 16.2 Å². The van der Waals surface area contributed by atoms with Gasteiger partial charge in [0.15, 0.2) is 0 Å². The number of nitrogen functional groups attached to an aromatic ring is 1. The average Bonchev–Trinajstić information content (AvgIpc) is 2.42. The van der Waals surface area contributed by atoms with E-state index >= 15 is 0 Å². The molecular formula is C15H17BrN2O2S. The maximum atomic E-state index is 12.2. The molecule has 0 bridgehead atoms. The van der Waals surface area contributed by atoms with Gasteiger partial charge in [-0.2, -0.15) is 0 Å². The van der Waals surface area contributed by atoms with Crippen molar-refractivity contribution in [2.24, 2.45) is 0 Å². The zero-order valence-corrected chi connectivity index (χ0v) is 14.0. The Labute approximate surface area is 133 Å². The Morgan fingerprint density at radius 1 is 1.19 bits per heavy atom. The molecule has 6 heteroatoms. The third-order valence-electron chi connectivity index (χ3n) is 3.02. The number of sulfonamides is 1. The molecule has 0 aliphatic rings. The molecule has 4 nitrogen and oxygen atoms in total. The normalized spacial score (nSPS) is 11.3. The first kappa shape index (κ1) is 15.9. The Bertz CT molecular complexity index is 708. The molecule has 0 aliphatic heterocycles. The Morgan fingerprint density at radius 3 is 2.48 bits per heavy atom. The van der Waals surface area contributed by atoms with Crippen LogP contribution >= 0.6 is 15.9 Å². The van der Waals surface area contributed by atoms with E-state index in [9.17, 15) is 8.42 Å². The fraction of sp³-hybridized carbons (Fsp3) is 0.200. The lowest BCUT2D eigenvalue weighted by molar-refractivity contribution is 0.600. The van der Waals surface area contributed by atoms with Gasteiger partial charge in [-0.3, -0.25) is 4.72 Å². The molecule has 0 saturated heterocycles. The van der Waals surface area contributed by atoms with Gasteiger partial charge in [-0.25, -0.2) is 8.42 Å². The standard InChI is InChI=1S/C15H17BrN2O2S/c1-11-9-13(16)15(14(17)10-11)18-21(19,20)8-7-12-5-3-2-4-6-12/h2-6,9-10,18H,7-8,17H2,1H3. The fourth-order valence-electron chi connectivity index (χ4n) is 1.98. The van der Waals surface area contributed by atoms with Gasteiger partial charge in [0.05, 0.1) is 17.1 Å². The largest absolute Gasteiger partial charge is 0.397 e. The Kier molecular flexibility index (Phi) is 4.90. The second-order valence-electron chi connectivity index (χ2n) is 4.87. The van der Waals surface area contributed by atoms with Gasteiger partial charge in [-0.05, 0) is 52.5 Å². The first-order valence-electron chi connectivity index (χ1n) is 6.47. The first-order valence-corrected chi connectivity index (χ1v) is 8.92. The molecule has 0 fully saturated rings. The summed E-state index contributed by atoms with van der Waals surface area (Å²) in [5, 5.41) is 0. The summed E-state index contributed by atoms with van der Waals surface area (Å²) in [5.74, 6) is 0.0107. The zero-order chi connectivity index (χ0) is 15.5. The summed E-state index contributed by atoms with van der Waals surface area (Å²) in [4.78, 5) is 0. The average molecular weight is 369 g/mol. The highest BCUT2D eigenvalue weighted by atomic mass is 79.9. The van der Waals surface area contributed by atoms with E-state index in [-0.39, 0.29) is 5.75 Å². The predicted molar refractivity (Wildman–Crippen MR) is 90.8 cm³/mol. The van der Waals surface area contributed by atoms with Gasteiger partial charge < -0.3 is 5.73 Å². The van der Waals surface area contributed by atoms with Crippen LogP contribution in [0.15, 0.2) is 46.9 Å². The summed E-state index contributed by atoms with van der Waals surface area (Å²) < 4.78 is 27.5. The lowest BCUT2D eigenvalue weighted by atomic mass is 10.2. The second-order valence-corrected chi connectivity index (χ2v) is 7.56. The molecule has 2 aromatic rings. The molecule has 0 aromatic heterocycles. The monoisotopic (exact) mass is 368 g/mol. The molecule has 0 aliphatic carbocycles. The van der Waals surface area contributed by atoms with E-state index < -0.39 is 10.0 Å². The van der Waals surface area contributed by atoms with Crippen molar-refractivity contribution in [3.8, 4) is 0 Å². The molecular weight excluding hydrogens is 352 g/mol. The summed E-state index contributed by atoms with van der Waals surface area (Å²) in [6.07, 6.45) is 0.458. The van der Waals surface area contributed by atoms with Crippen molar-refractivity contribution in [3.05, 3.63) is 58.1 Å². The van der Waals surface area contributed by atoms with Crippen molar-refractivity contribution >= 4 is 37.3 Å². The van der Waals surface area contributed by atoms with E-state index in [0.717, 1.165) is 11.1 Å². The minimum absolute atomic E-state index is 0.0107. The van der Waals surface area contributed by atoms with Crippen LogP contribution in [0.3, 0.4) is 0 Å². The molecule has 0 atom stereocenters. The second kappa shape index (κ2) is 6.49. The molecule has 0 spiro atoms. The number of hydrogen-bond acceptors (Lipinski definition) is 3. The number of halogens is 1. The molecule has 2 aromatic carbocycles. The van der Waals surface area contributed by atoms with Crippen LogP contribution < -0.4 is 10.5 Å². The fourth-order valence-corrected chi connectivity index (χ4v) is 3.95. The Balaban J connectivity index is 2.11. The number of nitrogens with two attached hydrogens (primary N) is 1. The van der Waals surface area contributed by atoms with E-state index in [1.807, 2.05) is 43.3 Å². The van der Waals surface area contributed by atoms with E-state index in [1.54, 1.807) is 6.07 Å². The molecule has 0 unspecified atom stereocenters. The van der Waals surface area contributed by atoms with Gasteiger partial charge in [-0.15, -0.1) is 0 Å². The first-order chi connectivity index (χ1) is 9.87. The summed E-state index contributed by atoms with van der Waals surface area (Å²) in [5.41, 5.74) is 8.63. The van der Waals surface area contributed by atoms with E-state index in [1.165, 1.54) is 0 Å². The Morgan fingerprint density at radius 2 is 1.86 bits per heavy atom. The van der Waals surface area contributed by atoms with Gasteiger partial charge in [-0.1, -0.05) is 30.3 Å². The maximum absolute atomic E-state index is 12.2. The quantitative estimate of drug-likeness (QED) is 0.795. The van der Waals surface area contributed by atoms with Gasteiger partial charge in [0.2, 0.25) is 10.0 Å². The van der Waals surface area contributed by atoms with Crippen LogP contribution in [0.5, 0.6) is 0 Å². The topological polar surface area (TPSA) is 72.2 Å². The van der Waals surface area contributed by atoms with Crippen LogP contribution in [-0.2, 0) is 16.4 Å². The summed E-state index contributed by atoms with van der Waals surface area (Å²) >= 11 is 3.34. The molecule has 0 heterocycles. The highest BCUT2D eigenvalue weighted by Crippen LogP contribution is 2.31. The molecule has 0 saturated carbocycles. The lowest BCUT2D eigenvalue weighted by Gasteiger charge is -2.13. The van der Waals surface area contributed by atoms with E-state index in [4.69, 9.17) is 5.73 Å². The third kappa shape index (κ3) is 4.47. The highest BCUT2D eigenvalue weighted by Gasteiger charge is 2.15. The third-order valence-corrected chi connectivity index (χ3v) is 4.91. The van der Waals surface area contributed by atoms with Crippen LogP contribution in [0, 0.1) is 6.92 Å². The molecule has 0 radical (unpaired) electrons. The van der Waals surface area contributed by atoms with Gasteiger partial charge >= 0.3 is 0 Å². The van der Waals surface area contributed by atoms with Crippen LogP contribution in [0.25, 0.3) is 0 Å². The van der Waals surface area contributed by atoms with Crippen molar-refractivity contribution in [2.45, 2.75) is 13.3 Å². The highest BCUT2D eigenvalue weighted by molar-refractivity contribution is 9.10. The smallest absolute Gasteiger partial charge is 0.233 e. The van der Waals surface area contributed by atoms with Crippen molar-refractivity contribution in [1.82, 2.24) is 0 Å². The van der Waals surface area contributed by atoms with Crippen molar-refractivity contribution in [3.63, 3.8) is 0 Å². The SMILES string of the molecule is Cc1cc(N)c(NS(=O)(=O)CCc2ccccc2)c(Br)c1. The van der Waals surface area contributed by atoms with Gasteiger partial charge in [0.25, 0.3) is 0 Å². The van der Waals surface area contributed by atoms with Crippen molar-refractivity contribution in [1.29, 1.82) is 0 Å². The van der Waals surface area contributed by atoms with Gasteiger partial charge in [0.1, 0.15) is 0 Å². The van der Waals surface area contributed by atoms with Crippen LogP contribution in [0.4, 0.5) is 11.4 Å². The summed E-state index contributed by atoms with van der Waals surface area (Å²) in [7, 11) is -3.45. The Hall–Kier alpha value is -1.53. The predicted octanol–water partition coefficient (Wildman–Crippen LogP) is 3.32. The van der Waals surface area contributed by atoms with Crippen LogP contribution in [-0.4, -0.2) is 14.2 Å². The molecule has 21 heavy (non-hydrogen) atoms. The summed E-state index contributed by atoms with van der Waals surface area (Å²) in [6.45, 7) is 1.90. The zero-order valence-electron chi connectivity index (χ0n) is 11.6. The minimum Gasteiger partial charge on any atom is -0.397 e. The number of benzene rings is 2. The number of nitrogens with one attached hydrogen (secondary N) is 1. The number of rotatable bonds is 5. The van der Waals surface area contributed by atoms with Crippen LogP contribution in [0.2, 0.25) is 0 Å². The van der Waals surface area contributed by atoms with Crippen LogP contribution in [0.1, 0.15) is 11.1 Å². The molecule has 3 N–H and O–H groups in total. The molecule has 2 rings (SSSR count). The maximum Gasteiger partial charge on any atom is 0.233 e. The number of anilines is 2. The van der Waals surface area contributed by atoms with Crippen molar-refractivity contribution < 1.29 is 8.42 Å². The number of aryl methyl sites for hydroxylation is 2.